The predicted molar refractivity (Wildman–Crippen MR) is 102 cm³/mol. The van der Waals surface area contributed by atoms with Crippen LogP contribution in [0.3, 0.4) is 0 Å². The van der Waals surface area contributed by atoms with Crippen molar-refractivity contribution in [3.8, 4) is 23.6 Å². The summed E-state index contributed by atoms with van der Waals surface area (Å²) in [5.41, 5.74) is 7.77. The van der Waals surface area contributed by atoms with E-state index in [4.69, 9.17) is 9.94 Å². The van der Waals surface area contributed by atoms with Crippen LogP contribution in [0.25, 0.3) is 9.85 Å². The molecule has 0 aliphatic heterocycles. The van der Waals surface area contributed by atoms with Crippen molar-refractivity contribution in [2.24, 2.45) is 0 Å². The molecule has 0 atom stereocenters. The van der Waals surface area contributed by atoms with Crippen LogP contribution in [-0.2, 0) is 0 Å². The van der Waals surface area contributed by atoms with E-state index in [9.17, 15) is 0 Å². The maximum atomic E-state index is 8.89. The van der Waals surface area contributed by atoms with E-state index in [1.807, 2.05) is 47.6 Å². The summed E-state index contributed by atoms with van der Waals surface area (Å²) in [6.07, 6.45) is 0. The predicted octanol–water partition coefficient (Wildman–Crippen LogP) is 5.71. The standard InChI is InChI=1S/C21H23N2O2/c1-12-8-14(3)20(16(5)18(12)10-22-7)25-21-15(4)9-13(2)19(11-23-24)17(21)6/h8-9H,1-7H3/q+1/p+1. The third kappa shape index (κ3) is 3.44. The lowest BCUT2D eigenvalue weighted by atomic mass is 9.97. The quantitative estimate of drug-likeness (QED) is 0.713. The lowest BCUT2D eigenvalue weighted by Gasteiger charge is -2.18. The zero-order valence-electron chi connectivity index (χ0n) is 15.9. The van der Waals surface area contributed by atoms with Crippen LogP contribution in [0, 0.1) is 53.7 Å². The molecular weight excluding hydrogens is 312 g/mol. The Hall–Kier alpha value is -2.98. The van der Waals surface area contributed by atoms with Gasteiger partial charge in [0.05, 0.1) is 0 Å². The lowest BCUT2D eigenvalue weighted by molar-refractivity contribution is 0.463. The zero-order valence-corrected chi connectivity index (χ0v) is 15.9. The molecule has 0 heterocycles. The minimum atomic E-state index is 0.743. The molecule has 0 amide bonds. The molecule has 0 fully saturated rings. The molecule has 0 saturated heterocycles. The van der Waals surface area contributed by atoms with Gasteiger partial charge in [-0.2, -0.15) is 5.21 Å². The molecule has 0 saturated carbocycles. The average Bonchev–Trinajstić information content (AvgIpc) is 2.54. The molecule has 0 spiro atoms. The van der Waals surface area contributed by atoms with E-state index >= 15 is 0 Å². The fraction of sp³-hybridized carbons (Fsp3) is 0.333. The highest BCUT2D eigenvalue weighted by molar-refractivity contribution is 5.60. The number of rotatable bonds is 2. The molecule has 0 radical (unpaired) electrons. The highest BCUT2D eigenvalue weighted by Crippen LogP contribution is 2.37. The van der Waals surface area contributed by atoms with Gasteiger partial charge in [-0.15, -0.1) is 0 Å². The number of benzene rings is 2. The average molecular weight is 336 g/mol. The van der Waals surface area contributed by atoms with Crippen LogP contribution in [0.2, 0.25) is 0 Å². The Labute approximate surface area is 149 Å². The van der Waals surface area contributed by atoms with Crippen molar-refractivity contribution in [1.29, 1.82) is 0 Å². The summed E-state index contributed by atoms with van der Waals surface area (Å²) >= 11 is 0. The van der Waals surface area contributed by atoms with Gasteiger partial charge in [0, 0.05) is 11.1 Å². The first-order chi connectivity index (χ1) is 11.8. The fourth-order valence-corrected chi connectivity index (χ4v) is 3.26. The Bertz CT molecular complexity index is 888. The summed E-state index contributed by atoms with van der Waals surface area (Å²) in [5, 5.41) is 11.9. The molecular formula is C21H24N2O2+2. The van der Waals surface area contributed by atoms with Crippen molar-refractivity contribution in [3.63, 3.8) is 0 Å². The van der Waals surface area contributed by atoms with Gasteiger partial charge < -0.3 is 4.74 Å². The topological polar surface area (TPSA) is 38.2 Å². The minimum Gasteiger partial charge on any atom is -0.456 e. The highest BCUT2D eigenvalue weighted by Gasteiger charge is 2.20. The van der Waals surface area contributed by atoms with Gasteiger partial charge >= 0.3 is 12.1 Å². The summed E-state index contributed by atoms with van der Waals surface area (Å²) in [7, 11) is 1.71. The van der Waals surface area contributed by atoms with Crippen LogP contribution in [0.15, 0.2) is 12.1 Å². The number of hydrogen-bond acceptors (Lipinski definition) is 2. The first-order valence-corrected chi connectivity index (χ1v) is 8.16. The van der Waals surface area contributed by atoms with Crippen LogP contribution in [0.5, 0.6) is 11.5 Å². The number of ether oxygens (including phenoxy) is 1. The van der Waals surface area contributed by atoms with Crippen molar-refractivity contribution >= 4 is 0 Å². The van der Waals surface area contributed by atoms with E-state index in [1.54, 1.807) is 7.05 Å². The van der Waals surface area contributed by atoms with Crippen LogP contribution in [0.1, 0.15) is 44.5 Å². The molecule has 1 N–H and O–H groups in total. The first kappa shape index (κ1) is 18.4. The Morgan fingerprint density at radius 3 is 1.60 bits per heavy atom. The highest BCUT2D eigenvalue weighted by atomic mass is 16.5. The SMILES string of the molecule is C[N+]#Cc1c(C)cc(C)c(Oc2c(C)cc(C)c(C#[N+]O)c2C)c1C. The third-order valence-corrected chi connectivity index (χ3v) is 4.39. The van der Waals surface area contributed by atoms with E-state index < -0.39 is 0 Å². The van der Waals surface area contributed by atoms with Crippen molar-refractivity contribution in [2.75, 3.05) is 7.05 Å². The van der Waals surface area contributed by atoms with Gasteiger partial charge in [0.25, 0.3) is 7.05 Å². The molecule has 0 unspecified atom stereocenters. The molecule has 4 nitrogen and oxygen atoms in total. The number of hydrogen-bond donors (Lipinski definition) is 1. The molecule has 0 aliphatic carbocycles. The van der Waals surface area contributed by atoms with E-state index in [0.717, 1.165) is 56.0 Å². The maximum absolute atomic E-state index is 8.89. The summed E-state index contributed by atoms with van der Waals surface area (Å²) < 4.78 is 6.34. The summed E-state index contributed by atoms with van der Waals surface area (Å²) in [4.78, 5) is 4.03. The van der Waals surface area contributed by atoms with Gasteiger partial charge in [-0.05, 0) is 63.8 Å². The Morgan fingerprint density at radius 2 is 1.20 bits per heavy atom. The second-order valence-corrected chi connectivity index (χ2v) is 6.33. The molecule has 2 aromatic carbocycles. The molecule has 0 bridgehead atoms. The van der Waals surface area contributed by atoms with Crippen molar-refractivity contribution in [2.45, 2.75) is 41.5 Å². The molecule has 25 heavy (non-hydrogen) atoms. The van der Waals surface area contributed by atoms with E-state index in [0.29, 0.717) is 0 Å². The van der Waals surface area contributed by atoms with Crippen LogP contribution in [-0.4, -0.2) is 12.3 Å². The molecule has 128 valence electrons. The second-order valence-electron chi connectivity index (χ2n) is 6.33. The van der Waals surface area contributed by atoms with E-state index in [2.05, 4.69) is 28.1 Å². The Kier molecular flexibility index (Phi) is 5.35. The number of aryl methyl sites for hydroxylation is 4. The second kappa shape index (κ2) is 7.28. The zero-order chi connectivity index (χ0) is 18.7. The fourth-order valence-electron chi connectivity index (χ4n) is 3.26. The molecule has 2 rings (SSSR count). The molecule has 4 heteroatoms. The normalized spacial score (nSPS) is 9.72. The van der Waals surface area contributed by atoms with Crippen molar-refractivity contribution in [3.05, 3.63) is 66.5 Å². The monoisotopic (exact) mass is 336 g/mol. The van der Waals surface area contributed by atoms with Gasteiger partial charge in [0.2, 0.25) is 5.01 Å². The minimum absolute atomic E-state index is 0.743. The maximum Gasteiger partial charge on any atom is 0.388 e. The van der Waals surface area contributed by atoms with Crippen LogP contribution < -0.4 is 4.74 Å². The molecule has 0 aliphatic rings. The third-order valence-electron chi connectivity index (χ3n) is 4.39. The first-order valence-electron chi connectivity index (χ1n) is 8.16. The molecule has 0 aromatic heterocycles. The van der Waals surface area contributed by atoms with Gasteiger partial charge in [-0.25, -0.2) is 0 Å². The summed E-state index contributed by atoms with van der Waals surface area (Å²) in [5.74, 6) is 1.56. The summed E-state index contributed by atoms with van der Waals surface area (Å²) in [6, 6.07) is 9.78. The van der Waals surface area contributed by atoms with Gasteiger partial charge in [-0.3, -0.25) is 0 Å². The Morgan fingerprint density at radius 1 is 0.760 bits per heavy atom. The van der Waals surface area contributed by atoms with E-state index in [-0.39, 0.29) is 0 Å². The van der Waals surface area contributed by atoms with Crippen molar-refractivity contribution < 1.29 is 9.94 Å². The van der Waals surface area contributed by atoms with Gasteiger partial charge in [-0.1, -0.05) is 17.0 Å². The van der Waals surface area contributed by atoms with Gasteiger partial charge in [0.15, 0.2) is 0 Å². The Balaban J connectivity index is 2.68. The van der Waals surface area contributed by atoms with Gasteiger partial charge in [0.1, 0.15) is 22.6 Å². The largest absolute Gasteiger partial charge is 0.456 e. The summed E-state index contributed by atoms with van der Waals surface area (Å²) in [6.45, 7) is 12.0. The van der Waals surface area contributed by atoms with E-state index in [1.165, 1.54) is 0 Å². The van der Waals surface area contributed by atoms with Crippen LogP contribution in [0.4, 0.5) is 0 Å². The van der Waals surface area contributed by atoms with Crippen LogP contribution >= 0.6 is 0 Å². The molecule has 2 aromatic rings. The smallest absolute Gasteiger partial charge is 0.388 e. The van der Waals surface area contributed by atoms with Crippen molar-refractivity contribution in [1.82, 2.24) is 0 Å². The number of nitrogens with zero attached hydrogens (tertiary/aromatic N) is 2. The lowest BCUT2D eigenvalue weighted by Crippen LogP contribution is -2.01.